The van der Waals surface area contributed by atoms with Crippen LogP contribution in [0.1, 0.15) is 5.56 Å². The molecule has 0 radical (unpaired) electrons. The number of thioether (sulfide) groups is 1. The topological polar surface area (TPSA) is 46.1 Å². The molecular weight excluding hydrogens is 342 g/mol. The first-order valence-corrected chi connectivity index (χ1v) is 8.81. The van der Waals surface area contributed by atoms with Gasteiger partial charge in [0, 0.05) is 24.0 Å². The average Bonchev–Trinajstić information content (AvgIpc) is 2.61. The number of para-hydroxylation sites is 1. The number of hydrogen-bond donors (Lipinski definition) is 0. The number of rotatable bonds is 5. The zero-order valence-electron chi connectivity index (χ0n) is 13.1. The molecule has 3 rings (SSSR count). The molecule has 122 valence electrons. The minimum atomic E-state index is 0.0534. The maximum Gasteiger partial charge on any atom is 0.233 e. The largest absolute Gasteiger partial charge is 0.341 e. The Morgan fingerprint density at radius 2 is 1.88 bits per heavy atom. The summed E-state index contributed by atoms with van der Waals surface area (Å²) in [5.74, 6) is 0.392. The molecule has 2 aromatic carbocycles. The van der Waals surface area contributed by atoms with Crippen LogP contribution in [0.25, 0.3) is 10.9 Å². The lowest BCUT2D eigenvalue weighted by Crippen LogP contribution is -2.27. The number of fused-ring (bicyclic) bond motifs is 1. The molecule has 0 aliphatic carbocycles. The third kappa shape index (κ3) is 4.04. The highest BCUT2D eigenvalue weighted by Crippen LogP contribution is 2.24. The van der Waals surface area contributed by atoms with Crippen LogP contribution in [-0.2, 0) is 11.3 Å². The van der Waals surface area contributed by atoms with Gasteiger partial charge in [-0.05, 0) is 23.8 Å². The molecule has 0 atom stereocenters. The lowest BCUT2D eigenvalue weighted by Gasteiger charge is -2.17. The predicted octanol–water partition coefficient (Wildman–Crippen LogP) is 4.03. The molecule has 1 amide bonds. The Labute approximate surface area is 149 Å². The quantitative estimate of drug-likeness (QED) is 0.511. The van der Waals surface area contributed by atoms with Gasteiger partial charge >= 0.3 is 0 Å². The van der Waals surface area contributed by atoms with Crippen LogP contribution in [-0.4, -0.2) is 33.6 Å². The summed E-state index contributed by atoms with van der Waals surface area (Å²) in [5.41, 5.74) is 1.93. The Kier molecular flexibility index (Phi) is 5.33. The lowest BCUT2D eigenvalue weighted by molar-refractivity contribution is -0.127. The fourth-order valence-corrected chi connectivity index (χ4v) is 3.34. The van der Waals surface area contributed by atoms with E-state index in [-0.39, 0.29) is 5.91 Å². The molecular formula is C18H16ClN3OS. The monoisotopic (exact) mass is 357 g/mol. The number of benzene rings is 2. The van der Waals surface area contributed by atoms with Crippen LogP contribution in [0, 0.1) is 0 Å². The van der Waals surface area contributed by atoms with Crippen LogP contribution in [0.5, 0.6) is 0 Å². The first kappa shape index (κ1) is 16.7. The highest BCUT2D eigenvalue weighted by molar-refractivity contribution is 8.00. The molecule has 0 aliphatic heterocycles. The van der Waals surface area contributed by atoms with Gasteiger partial charge in [0.1, 0.15) is 11.4 Å². The number of carbonyl (C=O) groups is 1. The predicted molar refractivity (Wildman–Crippen MR) is 98.2 cm³/mol. The summed E-state index contributed by atoms with van der Waals surface area (Å²) in [6.45, 7) is 0.557. The second kappa shape index (κ2) is 7.64. The van der Waals surface area contributed by atoms with Crippen molar-refractivity contribution < 1.29 is 4.79 Å². The smallest absolute Gasteiger partial charge is 0.233 e. The fourth-order valence-electron chi connectivity index (χ4n) is 2.29. The van der Waals surface area contributed by atoms with Gasteiger partial charge in [-0.25, -0.2) is 9.97 Å². The van der Waals surface area contributed by atoms with Gasteiger partial charge in [-0.15, -0.1) is 0 Å². The molecule has 0 unspecified atom stereocenters. The summed E-state index contributed by atoms with van der Waals surface area (Å²) in [7, 11) is 1.80. The molecule has 4 nitrogen and oxygen atoms in total. The Morgan fingerprint density at radius 3 is 2.67 bits per heavy atom. The molecule has 0 N–H and O–H groups in total. The molecule has 1 heterocycles. The SMILES string of the molecule is CN(Cc1ccc(Cl)cc1)C(=O)CSc1ncnc2ccccc12. The molecule has 0 saturated heterocycles. The number of hydrogen-bond acceptors (Lipinski definition) is 4. The molecule has 0 spiro atoms. The second-order valence-corrected chi connectivity index (χ2v) is 6.76. The van der Waals surface area contributed by atoms with Crippen molar-refractivity contribution in [3.63, 3.8) is 0 Å². The van der Waals surface area contributed by atoms with E-state index in [0.717, 1.165) is 21.5 Å². The maximum absolute atomic E-state index is 12.4. The van der Waals surface area contributed by atoms with Crippen molar-refractivity contribution in [2.24, 2.45) is 0 Å². The van der Waals surface area contributed by atoms with Crippen LogP contribution < -0.4 is 0 Å². The van der Waals surface area contributed by atoms with Crippen LogP contribution in [0.4, 0.5) is 0 Å². The Morgan fingerprint density at radius 1 is 1.12 bits per heavy atom. The molecule has 24 heavy (non-hydrogen) atoms. The van der Waals surface area contributed by atoms with E-state index >= 15 is 0 Å². The molecule has 0 saturated carbocycles. The van der Waals surface area contributed by atoms with E-state index in [0.29, 0.717) is 17.3 Å². The molecule has 3 aromatic rings. The van der Waals surface area contributed by atoms with Crippen molar-refractivity contribution in [3.05, 3.63) is 65.4 Å². The normalized spacial score (nSPS) is 10.8. The van der Waals surface area contributed by atoms with Gasteiger partial charge in [0.2, 0.25) is 5.91 Å². The van der Waals surface area contributed by atoms with Gasteiger partial charge in [0.25, 0.3) is 0 Å². The zero-order chi connectivity index (χ0) is 16.9. The standard InChI is InChI=1S/C18H16ClN3OS/c1-22(10-13-6-8-14(19)9-7-13)17(23)11-24-18-15-4-2-3-5-16(15)20-12-21-18/h2-9,12H,10-11H2,1H3. The van der Waals surface area contributed by atoms with E-state index < -0.39 is 0 Å². The second-order valence-electron chi connectivity index (χ2n) is 5.36. The molecule has 0 fully saturated rings. The van der Waals surface area contributed by atoms with Crippen molar-refractivity contribution in [1.82, 2.24) is 14.9 Å². The Hall–Kier alpha value is -2.11. The number of carbonyl (C=O) groups excluding carboxylic acids is 1. The molecule has 0 aliphatic rings. The van der Waals surface area contributed by atoms with Gasteiger partial charge in [-0.1, -0.05) is 53.7 Å². The average molecular weight is 358 g/mol. The van der Waals surface area contributed by atoms with Gasteiger partial charge < -0.3 is 4.90 Å². The van der Waals surface area contributed by atoms with Crippen LogP contribution in [0.2, 0.25) is 5.02 Å². The van der Waals surface area contributed by atoms with Gasteiger partial charge in [0.15, 0.2) is 0 Å². The van der Waals surface area contributed by atoms with Crippen molar-refractivity contribution in [2.75, 3.05) is 12.8 Å². The summed E-state index contributed by atoms with van der Waals surface area (Å²) in [6, 6.07) is 15.3. The number of halogens is 1. The number of nitrogens with zero attached hydrogens (tertiary/aromatic N) is 3. The van der Waals surface area contributed by atoms with Gasteiger partial charge in [0.05, 0.1) is 11.3 Å². The highest BCUT2D eigenvalue weighted by atomic mass is 35.5. The van der Waals surface area contributed by atoms with Crippen LogP contribution in [0.3, 0.4) is 0 Å². The summed E-state index contributed by atoms with van der Waals surface area (Å²) in [6.07, 6.45) is 1.53. The van der Waals surface area contributed by atoms with Gasteiger partial charge in [-0.2, -0.15) is 0 Å². The third-order valence-electron chi connectivity index (χ3n) is 3.60. The fraction of sp³-hybridized carbons (Fsp3) is 0.167. The molecule has 6 heteroatoms. The minimum Gasteiger partial charge on any atom is -0.341 e. The summed E-state index contributed by atoms with van der Waals surface area (Å²) < 4.78 is 0. The van der Waals surface area contributed by atoms with Crippen molar-refractivity contribution in [2.45, 2.75) is 11.6 Å². The molecule has 1 aromatic heterocycles. The van der Waals surface area contributed by atoms with Crippen molar-refractivity contribution in [3.8, 4) is 0 Å². The summed E-state index contributed by atoms with van der Waals surface area (Å²) >= 11 is 7.32. The van der Waals surface area contributed by atoms with E-state index in [1.807, 2.05) is 48.5 Å². The molecule has 0 bridgehead atoms. The van der Waals surface area contributed by atoms with Crippen molar-refractivity contribution >= 4 is 40.2 Å². The van der Waals surface area contributed by atoms with E-state index in [1.54, 1.807) is 11.9 Å². The Bertz CT molecular complexity index is 849. The first-order chi connectivity index (χ1) is 11.6. The van der Waals surface area contributed by atoms with Crippen LogP contribution >= 0.6 is 23.4 Å². The number of amides is 1. The maximum atomic E-state index is 12.4. The summed E-state index contributed by atoms with van der Waals surface area (Å²) in [5, 5.41) is 2.49. The minimum absolute atomic E-state index is 0.0534. The first-order valence-electron chi connectivity index (χ1n) is 7.44. The van der Waals surface area contributed by atoms with E-state index in [2.05, 4.69) is 9.97 Å². The summed E-state index contributed by atoms with van der Waals surface area (Å²) in [4.78, 5) is 22.6. The van der Waals surface area contributed by atoms with E-state index in [4.69, 9.17) is 11.6 Å². The highest BCUT2D eigenvalue weighted by Gasteiger charge is 2.12. The van der Waals surface area contributed by atoms with Gasteiger partial charge in [-0.3, -0.25) is 4.79 Å². The third-order valence-corrected chi connectivity index (χ3v) is 4.84. The van der Waals surface area contributed by atoms with Crippen LogP contribution in [0.15, 0.2) is 59.9 Å². The lowest BCUT2D eigenvalue weighted by atomic mass is 10.2. The Balaban J connectivity index is 1.63. The van der Waals surface area contributed by atoms with Crippen molar-refractivity contribution in [1.29, 1.82) is 0 Å². The number of aromatic nitrogens is 2. The zero-order valence-corrected chi connectivity index (χ0v) is 14.7. The van der Waals surface area contributed by atoms with E-state index in [9.17, 15) is 4.79 Å². The van der Waals surface area contributed by atoms with E-state index in [1.165, 1.54) is 18.1 Å².